The van der Waals surface area contributed by atoms with Crippen LogP contribution in [0.4, 0.5) is 0 Å². The van der Waals surface area contributed by atoms with Crippen molar-refractivity contribution in [3.63, 3.8) is 0 Å². The van der Waals surface area contributed by atoms with Crippen molar-refractivity contribution in [1.29, 1.82) is 0 Å². The largest absolute Gasteiger partial charge is 0.256 e. The highest BCUT2D eigenvalue weighted by molar-refractivity contribution is 6.27. The molecular weight excluding hydrogens is 657 g/mol. The van der Waals surface area contributed by atoms with Crippen LogP contribution in [0.2, 0.25) is 0 Å². The molecule has 4 heteroatoms. The Kier molecular flexibility index (Phi) is 6.82. The molecule has 0 N–H and O–H groups in total. The van der Waals surface area contributed by atoms with Crippen molar-refractivity contribution in [3.8, 4) is 44.8 Å². The highest BCUT2D eigenvalue weighted by Crippen LogP contribution is 2.43. The molecule has 0 spiro atoms. The summed E-state index contributed by atoms with van der Waals surface area (Å²) >= 11 is 0. The maximum absolute atomic E-state index is 5.15. The topological polar surface area (TPSA) is 51.6 Å². The number of aromatic nitrogens is 4. The fourth-order valence-electron chi connectivity index (χ4n) is 8.25. The smallest absolute Gasteiger partial charge is 0.0978 e. The molecule has 250 valence electrons. The second-order valence-electron chi connectivity index (χ2n) is 13.8. The zero-order valence-electron chi connectivity index (χ0n) is 29.1. The first-order valence-electron chi connectivity index (χ1n) is 18.2. The van der Waals surface area contributed by atoms with Crippen LogP contribution in [0.5, 0.6) is 0 Å². The highest BCUT2D eigenvalue weighted by Gasteiger charge is 2.17. The van der Waals surface area contributed by atoms with Crippen LogP contribution >= 0.6 is 0 Å². The van der Waals surface area contributed by atoms with Gasteiger partial charge >= 0.3 is 0 Å². The van der Waals surface area contributed by atoms with Crippen LogP contribution in [0.15, 0.2) is 182 Å². The lowest BCUT2D eigenvalue weighted by Gasteiger charge is -2.16. The van der Waals surface area contributed by atoms with E-state index in [1.54, 1.807) is 0 Å². The fraction of sp³-hybridized carbons (Fsp3) is 0. The van der Waals surface area contributed by atoms with E-state index < -0.39 is 0 Å². The van der Waals surface area contributed by atoms with Crippen LogP contribution in [0.25, 0.3) is 110 Å². The number of nitrogens with zero attached hydrogens (tertiary/aromatic N) is 4. The van der Waals surface area contributed by atoms with E-state index in [0.29, 0.717) is 0 Å². The van der Waals surface area contributed by atoms with E-state index in [1.807, 2.05) is 48.9 Å². The third kappa shape index (κ3) is 4.85. The maximum Gasteiger partial charge on any atom is 0.0978 e. The van der Waals surface area contributed by atoms with Gasteiger partial charge in [-0.1, -0.05) is 97.1 Å². The molecule has 0 aliphatic carbocycles. The van der Waals surface area contributed by atoms with Gasteiger partial charge in [-0.25, -0.2) is 4.98 Å². The van der Waals surface area contributed by atoms with Crippen molar-refractivity contribution in [2.75, 3.05) is 0 Å². The van der Waals surface area contributed by atoms with Gasteiger partial charge in [0, 0.05) is 51.4 Å². The summed E-state index contributed by atoms with van der Waals surface area (Å²) in [7, 11) is 0. The summed E-state index contributed by atoms with van der Waals surface area (Å²) in [6, 6.07) is 58.4. The minimum Gasteiger partial charge on any atom is -0.256 e. The molecule has 0 fully saturated rings. The number of para-hydroxylation sites is 1. The molecule has 0 aliphatic rings. The number of fused-ring (bicyclic) bond motifs is 10. The van der Waals surface area contributed by atoms with Crippen molar-refractivity contribution in [2.45, 2.75) is 0 Å². The van der Waals surface area contributed by atoms with Crippen LogP contribution in [0, 0.1) is 0 Å². The van der Waals surface area contributed by atoms with Crippen LogP contribution in [-0.4, -0.2) is 19.9 Å². The summed E-state index contributed by atoms with van der Waals surface area (Å²) in [6.07, 6.45) is 5.55. The predicted octanol–water partition coefficient (Wildman–Crippen LogP) is 12.9. The van der Waals surface area contributed by atoms with Gasteiger partial charge in [0.1, 0.15) is 0 Å². The van der Waals surface area contributed by atoms with Crippen LogP contribution in [0.1, 0.15) is 0 Å². The van der Waals surface area contributed by atoms with Crippen LogP contribution < -0.4 is 0 Å². The molecule has 0 atom stereocenters. The van der Waals surface area contributed by atoms with Gasteiger partial charge in [0.05, 0.1) is 27.9 Å². The summed E-state index contributed by atoms with van der Waals surface area (Å²) in [6.45, 7) is 0. The molecule has 11 rings (SSSR count). The van der Waals surface area contributed by atoms with Gasteiger partial charge in [-0.15, -0.1) is 0 Å². The minimum absolute atomic E-state index is 0.924. The number of rotatable bonds is 4. The van der Waals surface area contributed by atoms with E-state index in [4.69, 9.17) is 19.9 Å². The van der Waals surface area contributed by atoms with E-state index in [2.05, 4.69) is 133 Å². The Balaban J connectivity index is 1.14. The van der Waals surface area contributed by atoms with Gasteiger partial charge < -0.3 is 0 Å². The van der Waals surface area contributed by atoms with Gasteiger partial charge in [0.25, 0.3) is 0 Å². The van der Waals surface area contributed by atoms with Crippen LogP contribution in [0.3, 0.4) is 0 Å². The Bertz CT molecular complexity index is 3190. The quantitative estimate of drug-likeness (QED) is 0.137. The third-order valence-electron chi connectivity index (χ3n) is 10.7. The lowest BCUT2D eigenvalue weighted by atomic mass is 9.88. The molecule has 0 aliphatic heterocycles. The van der Waals surface area contributed by atoms with Crippen molar-refractivity contribution in [2.24, 2.45) is 0 Å². The Morgan fingerprint density at radius 2 is 0.852 bits per heavy atom. The Morgan fingerprint density at radius 1 is 0.296 bits per heavy atom. The second-order valence-corrected chi connectivity index (χ2v) is 13.8. The lowest BCUT2D eigenvalue weighted by Crippen LogP contribution is -1.92. The highest BCUT2D eigenvalue weighted by atomic mass is 14.7. The summed E-state index contributed by atoms with van der Waals surface area (Å²) in [5, 5.41) is 10.7. The average Bonchev–Trinajstić information content (AvgIpc) is 3.25. The monoisotopic (exact) mass is 686 g/mol. The molecule has 0 unspecified atom stereocenters. The van der Waals surface area contributed by atoms with Crippen molar-refractivity contribution in [3.05, 3.63) is 182 Å². The molecule has 0 saturated heterocycles. The van der Waals surface area contributed by atoms with Crippen LogP contribution in [-0.2, 0) is 0 Å². The molecular formula is C50H30N4. The zero-order valence-corrected chi connectivity index (χ0v) is 29.1. The number of hydrogen-bond acceptors (Lipinski definition) is 4. The zero-order chi connectivity index (χ0) is 35.6. The van der Waals surface area contributed by atoms with E-state index in [0.717, 1.165) is 71.9 Å². The van der Waals surface area contributed by atoms with Gasteiger partial charge in [-0.3, -0.25) is 15.0 Å². The standard InChI is InChI=1S/C50H30N4/c1-2-12-38-37(11-1)43-29-32(34-26-35(45-14-5-7-23-51-45)28-36(27-34)46-15-6-8-24-52-46)18-20-39(43)40-21-19-33(30-44(38)40)48-41-13-3-4-16-47(41)54-50-42(48)22-17-31-10-9-25-53-49(31)50/h1-30H. The Morgan fingerprint density at radius 3 is 1.54 bits per heavy atom. The lowest BCUT2D eigenvalue weighted by molar-refractivity contribution is 1.31. The first kappa shape index (κ1) is 30.3. The van der Waals surface area contributed by atoms with Crippen molar-refractivity contribution in [1.82, 2.24) is 19.9 Å². The van der Waals surface area contributed by atoms with Crippen molar-refractivity contribution < 1.29 is 0 Å². The van der Waals surface area contributed by atoms with Gasteiger partial charge in [0.15, 0.2) is 0 Å². The molecule has 0 radical (unpaired) electrons. The summed E-state index contributed by atoms with van der Waals surface area (Å²) in [5.74, 6) is 0. The van der Waals surface area contributed by atoms with Gasteiger partial charge in [0.2, 0.25) is 0 Å². The normalized spacial score (nSPS) is 11.7. The molecule has 11 aromatic rings. The Hall–Kier alpha value is -7.30. The number of hydrogen-bond donors (Lipinski definition) is 0. The second kappa shape index (κ2) is 12.1. The van der Waals surface area contributed by atoms with E-state index >= 15 is 0 Å². The molecule has 4 heterocycles. The summed E-state index contributed by atoms with van der Waals surface area (Å²) < 4.78 is 0. The summed E-state index contributed by atoms with van der Waals surface area (Å²) in [5.41, 5.74) is 11.4. The molecule has 4 nitrogen and oxygen atoms in total. The molecule has 4 aromatic heterocycles. The molecule has 54 heavy (non-hydrogen) atoms. The SMILES string of the molecule is c1ccc(-c2cc(-c3ccc4c5ccc(-c6c7ccccc7nc7c6ccc6cccnc67)cc5c5ccccc5c4c3)cc(-c3ccccn3)c2)nc1. The summed E-state index contributed by atoms with van der Waals surface area (Å²) in [4.78, 5) is 19.3. The predicted molar refractivity (Wildman–Crippen MR) is 224 cm³/mol. The molecule has 0 amide bonds. The Labute approximate surface area is 311 Å². The molecule has 0 saturated carbocycles. The fourth-order valence-corrected chi connectivity index (χ4v) is 8.25. The first-order valence-corrected chi connectivity index (χ1v) is 18.2. The molecule has 0 bridgehead atoms. The first-order chi connectivity index (χ1) is 26.8. The number of benzene rings is 7. The third-order valence-corrected chi connectivity index (χ3v) is 10.7. The van der Waals surface area contributed by atoms with E-state index in [9.17, 15) is 0 Å². The maximum atomic E-state index is 5.15. The van der Waals surface area contributed by atoms with E-state index in [-0.39, 0.29) is 0 Å². The van der Waals surface area contributed by atoms with E-state index in [1.165, 1.54) is 37.9 Å². The average molecular weight is 687 g/mol. The van der Waals surface area contributed by atoms with Crippen molar-refractivity contribution >= 4 is 65.0 Å². The minimum atomic E-state index is 0.924. The number of pyridine rings is 4. The molecule has 7 aromatic carbocycles. The van der Waals surface area contributed by atoms with Gasteiger partial charge in [-0.2, -0.15) is 0 Å². The van der Waals surface area contributed by atoms with Gasteiger partial charge in [-0.05, 0) is 116 Å².